The Bertz CT molecular complexity index is 156. The molecule has 2 fully saturated rings. The molecular formula is C12H24N2O. The molecule has 3 heteroatoms. The molecule has 2 rings (SSSR count). The third-order valence-electron chi connectivity index (χ3n) is 3.61. The molecular weight excluding hydrogens is 188 g/mol. The molecule has 2 heterocycles. The number of hydrogen-bond donors (Lipinski definition) is 1. The highest BCUT2D eigenvalue weighted by molar-refractivity contribution is 4.77. The maximum absolute atomic E-state index is 5.69. The van der Waals surface area contributed by atoms with Gasteiger partial charge >= 0.3 is 0 Å². The second-order valence-electron chi connectivity index (χ2n) is 4.85. The molecule has 2 aliphatic heterocycles. The van der Waals surface area contributed by atoms with Gasteiger partial charge in [0.05, 0.1) is 6.10 Å². The summed E-state index contributed by atoms with van der Waals surface area (Å²) in [5.41, 5.74) is 0. The molecule has 0 spiro atoms. The van der Waals surface area contributed by atoms with Gasteiger partial charge in [-0.05, 0) is 44.8 Å². The van der Waals surface area contributed by atoms with Gasteiger partial charge < -0.3 is 15.0 Å². The summed E-state index contributed by atoms with van der Waals surface area (Å²) in [5.74, 6) is 0.867. The summed E-state index contributed by atoms with van der Waals surface area (Å²) < 4.78 is 5.69. The van der Waals surface area contributed by atoms with Crippen molar-refractivity contribution in [1.82, 2.24) is 10.2 Å². The zero-order valence-corrected chi connectivity index (χ0v) is 9.87. The van der Waals surface area contributed by atoms with Crippen molar-refractivity contribution in [3.05, 3.63) is 0 Å². The van der Waals surface area contributed by atoms with Gasteiger partial charge in [0.25, 0.3) is 0 Å². The van der Waals surface area contributed by atoms with E-state index in [-0.39, 0.29) is 0 Å². The average Bonchev–Trinajstić information content (AvgIpc) is 2.89. The minimum atomic E-state index is 0.513. The van der Waals surface area contributed by atoms with Gasteiger partial charge in [-0.1, -0.05) is 6.92 Å². The predicted octanol–water partition coefficient (Wildman–Crippen LogP) is 1.10. The molecule has 2 aliphatic rings. The third-order valence-corrected chi connectivity index (χ3v) is 3.61. The lowest BCUT2D eigenvalue weighted by molar-refractivity contribution is 0.0703. The van der Waals surface area contributed by atoms with Crippen molar-refractivity contribution in [3.8, 4) is 0 Å². The summed E-state index contributed by atoms with van der Waals surface area (Å²) in [4.78, 5) is 2.56. The fourth-order valence-corrected chi connectivity index (χ4v) is 2.64. The summed E-state index contributed by atoms with van der Waals surface area (Å²) in [5, 5.41) is 3.44. The first-order chi connectivity index (χ1) is 7.38. The van der Waals surface area contributed by atoms with Crippen LogP contribution in [0.15, 0.2) is 0 Å². The Kier molecular flexibility index (Phi) is 4.42. The fraction of sp³-hybridized carbons (Fsp3) is 1.00. The molecule has 15 heavy (non-hydrogen) atoms. The van der Waals surface area contributed by atoms with E-state index in [1.165, 1.54) is 38.9 Å². The maximum atomic E-state index is 5.69. The first-order valence-corrected chi connectivity index (χ1v) is 6.43. The zero-order valence-electron chi connectivity index (χ0n) is 9.87. The summed E-state index contributed by atoms with van der Waals surface area (Å²) in [6.07, 6.45) is 4.38. The van der Waals surface area contributed by atoms with Gasteiger partial charge in [0.2, 0.25) is 0 Å². The van der Waals surface area contributed by atoms with Crippen LogP contribution < -0.4 is 5.32 Å². The van der Waals surface area contributed by atoms with Crippen molar-refractivity contribution in [2.75, 3.05) is 39.3 Å². The topological polar surface area (TPSA) is 24.5 Å². The van der Waals surface area contributed by atoms with Crippen molar-refractivity contribution in [3.63, 3.8) is 0 Å². The number of likely N-dealkylation sites (N-methyl/N-ethyl adjacent to an activating group) is 1. The number of nitrogens with one attached hydrogen (secondary N) is 1. The Morgan fingerprint density at radius 2 is 2.27 bits per heavy atom. The molecule has 2 saturated heterocycles. The van der Waals surface area contributed by atoms with Crippen LogP contribution in [0.1, 0.15) is 26.2 Å². The second kappa shape index (κ2) is 5.83. The minimum absolute atomic E-state index is 0.513. The summed E-state index contributed by atoms with van der Waals surface area (Å²) in [6, 6.07) is 0. The molecule has 0 aliphatic carbocycles. The van der Waals surface area contributed by atoms with E-state index in [4.69, 9.17) is 4.74 Å². The molecule has 0 amide bonds. The highest BCUT2D eigenvalue weighted by Gasteiger charge is 2.22. The zero-order chi connectivity index (χ0) is 10.5. The van der Waals surface area contributed by atoms with Crippen LogP contribution in [0, 0.1) is 5.92 Å². The molecule has 88 valence electrons. The van der Waals surface area contributed by atoms with Gasteiger partial charge in [0, 0.05) is 19.7 Å². The fourth-order valence-electron chi connectivity index (χ4n) is 2.64. The summed E-state index contributed by atoms with van der Waals surface area (Å²) in [6.45, 7) is 9.22. The number of hydrogen-bond acceptors (Lipinski definition) is 3. The molecule has 0 radical (unpaired) electrons. The Morgan fingerprint density at radius 1 is 1.33 bits per heavy atom. The van der Waals surface area contributed by atoms with Crippen molar-refractivity contribution in [1.29, 1.82) is 0 Å². The van der Waals surface area contributed by atoms with Crippen LogP contribution in [0.5, 0.6) is 0 Å². The van der Waals surface area contributed by atoms with E-state index in [2.05, 4.69) is 17.1 Å². The maximum Gasteiger partial charge on any atom is 0.0702 e. The lowest BCUT2D eigenvalue weighted by Gasteiger charge is -2.26. The van der Waals surface area contributed by atoms with Gasteiger partial charge in [-0.15, -0.1) is 0 Å². The van der Waals surface area contributed by atoms with E-state index in [9.17, 15) is 0 Å². The van der Waals surface area contributed by atoms with Gasteiger partial charge in [0.1, 0.15) is 0 Å². The smallest absolute Gasteiger partial charge is 0.0702 e. The highest BCUT2D eigenvalue weighted by atomic mass is 16.5. The predicted molar refractivity (Wildman–Crippen MR) is 62.1 cm³/mol. The number of rotatable bonds is 5. The van der Waals surface area contributed by atoms with E-state index in [0.29, 0.717) is 6.10 Å². The first kappa shape index (κ1) is 11.4. The molecule has 2 unspecified atom stereocenters. The second-order valence-corrected chi connectivity index (χ2v) is 4.85. The molecule has 1 N–H and O–H groups in total. The molecule has 2 atom stereocenters. The van der Waals surface area contributed by atoms with Crippen LogP contribution in [0.3, 0.4) is 0 Å². The Morgan fingerprint density at radius 3 is 2.87 bits per heavy atom. The molecule has 0 aromatic carbocycles. The Balaban J connectivity index is 1.70. The molecule has 3 nitrogen and oxygen atoms in total. The lowest BCUT2D eigenvalue weighted by atomic mass is 10.1. The summed E-state index contributed by atoms with van der Waals surface area (Å²) >= 11 is 0. The Labute approximate surface area is 93.2 Å². The highest BCUT2D eigenvalue weighted by Crippen LogP contribution is 2.15. The van der Waals surface area contributed by atoms with E-state index in [0.717, 1.165) is 25.6 Å². The van der Waals surface area contributed by atoms with E-state index < -0.39 is 0 Å². The van der Waals surface area contributed by atoms with Gasteiger partial charge in [-0.2, -0.15) is 0 Å². The first-order valence-electron chi connectivity index (χ1n) is 6.43. The van der Waals surface area contributed by atoms with Crippen molar-refractivity contribution < 1.29 is 4.74 Å². The normalized spacial score (nSPS) is 31.6. The standard InChI is InChI=1S/C12H24N2O/c1-2-14(9-11-5-6-13-8-11)10-12-4-3-7-15-12/h11-13H,2-10H2,1H3. The largest absolute Gasteiger partial charge is 0.377 e. The lowest BCUT2D eigenvalue weighted by Crippen LogP contribution is -2.36. The van der Waals surface area contributed by atoms with Crippen LogP contribution in [-0.4, -0.2) is 50.3 Å². The number of ether oxygens (including phenoxy) is 1. The molecule has 0 saturated carbocycles. The van der Waals surface area contributed by atoms with Crippen LogP contribution in [0.25, 0.3) is 0 Å². The van der Waals surface area contributed by atoms with Gasteiger partial charge in [0.15, 0.2) is 0 Å². The summed E-state index contributed by atoms with van der Waals surface area (Å²) in [7, 11) is 0. The molecule has 0 aromatic heterocycles. The van der Waals surface area contributed by atoms with Crippen LogP contribution in [0.2, 0.25) is 0 Å². The van der Waals surface area contributed by atoms with E-state index in [1.807, 2.05) is 0 Å². The third kappa shape index (κ3) is 3.44. The minimum Gasteiger partial charge on any atom is -0.377 e. The Hall–Kier alpha value is -0.120. The SMILES string of the molecule is CCN(CC1CCNC1)CC1CCCO1. The van der Waals surface area contributed by atoms with Crippen molar-refractivity contribution in [2.45, 2.75) is 32.3 Å². The quantitative estimate of drug-likeness (QED) is 0.738. The van der Waals surface area contributed by atoms with Crippen LogP contribution in [0.4, 0.5) is 0 Å². The van der Waals surface area contributed by atoms with Crippen molar-refractivity contribution >= 4 is 0 Å². The molecule has 0 aromatic rings. The monoisotopic (exact) mass is 212 g/mol. The average molecular weight is 212 g/mol. The van der Waals surface area contributed by atoms with Crippen LogP contribution in [-0.2, 0) is 4.74 Å². The van der Waals surface area contributed by atoms with E-state index >= 15 is 0 Å². The van der Waals surface area contributed by atoms with Crippen LogP contribution >= 0.6 is 0 Å². The van der Waals surface area contributed by atoms with Gasteiger partial charge in [-0.3, -0.25) is 0 Å². The molecule has 0 bridgehead atoms. The van der Waals surface area contributed by atoms with Crippen molar-refractivity contribution in [2.24, 2.45) is 5.92 Å². The van der Waals surface area contributed by atoms with E-state index in [1.54, 1.807) is 0 Å². The van der Waals surface area contributed by atoms with Gasteiger partial charge in [-0.25, -0.2) is 0 Å². The number of nitrogens with zero attached hydrogens (tertiary/aromatic N) is 1.